The van der Waals surface area contributed by atoms with Crippen LogP contribution in [0.4, 0.5) is 17.1 Å². The minimum absolute atomic E-state index is 0.184. The van der Waals surface area contributed by atoms with Crippen molar-refractivity contribution < 1.29 is 9.66 Å². The highest BCUT2D eigenvalue weighted by Gasteiger charge is 2.24. The lowest BCUT2D eigenvalue weighted by molar-refractivity contribution is -0.385. The van der Waals surface area contributed by atoms with Crippen LogP contribution in [-0.2, 0) is 7.05 Å². The lowest BCUT2D eigenvalue weighted by Crippen LogP contribution is -2.21. The van der Waals surface area contributed by atoms with Crippen LogP contribution in [-0.4, -0.2) is 16.6 Å². The molecule has 0 aliphatic carbocycles. The summed E-state index contributed by atoms with van der Waals surface area (Å²) < 4.78 is 6.38. The van der Waals surface area contributed by atoms with E-state index < -0.39 is 16.2 Å². The van der Waals surface area contributed by atoms with E-state index in [1.807, 2.05) is 0 Å². The third kappa shape index (κ3) is 2.56. The second kappa shape index (κ2) is 6.04. The molecule has 7 nitrogen and oxygen atoms in total. The van der Waals surface area contributed by atoms with E-state index >= 15 is 0 Å². The molecule has 0 amide bonds. The molecule has 0 atom stereocenters. The number of methoxy groups -OCH3 is 1. The van der Waals surface area contributed by atoms with E-state index in [2.05, 4.69) is 5.32 Å². The molecule has 0 saturated heterocycles. The first-order valence-electron chi connectivity index (χ1n) is 7.20. The number of hydrogen-bond donors (Lipinski definition) is 1. The van der Waals surface area contributed by atoms with Gasteiger partial charge in [0.1, 0.15) is 11.4 Å². The zero-order chi connectivity index (χ0) is 17.3. The van der Waals surface area contributed by atoms with E-state index in [4.69, 9.17) is 4.74 Å². The molecule has 1 aromatic heterocycles. The summed E-state index contributed by atoms with van der Waals surface area (Å²) in [5, 5.41) is 15.1. The maximum atomic E-state index is 12.4. The van der Waals surface area contributed by atoms with Gasteiger partial charge in [0.2, 0.25) is 0 Å². The summed E-state index contributed by atoms with van der Waals surface area (Å²) in [6.45, 7) is 0. The number of aromatic nitrogens is 1. The summed E-state index contributed by atoms with van der Waals surface area (Å²) in [6.07, 6.45) is 0. The Morgan fingerprint density at radius 3 is 2.42 bits per heavy atom. The fraction of sp³-hybridized carbons (Fsp3) is 0.118. The maximum absolute atomic E-state index is 12.4. The molecule has 0 unspecified atom stereocenters. The summed E-state index contributed by atoms with van der Waals surface area (Å²) in [5.41, 5.74) is 0.284. The summed E-state index contributed by atoms with van der Waals surface area (Å²) in [6, 6.07) is 14.0. The Hall–Kier alpha value is -3.35. The normalized spacial score (nSPS) is 10.6. The molecule has 7 heteroatoms. The number of benzene rings is 2. The van der Waals surface area contributed by atoms with Crippen molar-refractivity contribution in [2.75, 3.05) is 12.4 Å². The number of nitro groups is 1. The van der Waals surface area contributed by atoms with Gasteiger partial charge in [-0.2, -0.15) is 0 Å². The summed E-state index contributed by atoms with van der Waals surface area (Å²) in [5.74, 6) is 0.670. The number of para-hydroxylation sites is 1. The van der Waals surface area contributed by atoms with Crippen molar-refractivity contribution in [3.8, 4) is 5.75 Å². The van der Waals surface area contributed by atoms with Gasteiger partial charge >= 0.3 is 11.2 Å². The van der Waals surface area contributed by atoms with E-state index in [1.54, 1.807) is 55.6 Å². The van der Waals surface area contributed by atoms with Gasteiger partial charge in [-0.3, -0.25) is 14.9 Å². The van der Waals surface area contributed by atoms with Gasteiger partial charge in [-0.25, -0.2) is 0 Å². The van der Waals surface area contributed by atoms with Gasteiger partial charge in [0, 0.05) is 18.1 Å². The fourth-order valence-corrected chi connectivity index (χ4v) is 2.59. The Bertz CT molecular complexity index is 978. The van der Waals surface area contributed by atoms with Gasteiger partial charge < -0.3 is 14.6 Å². The Morgan fingerprint density at radius 1 is 1.12 bits per heavy atom. The van der Waals surface area contributed by atoms with E-state index in [0.29, 0.717) is 22.3 Å². The van der Waals surface area contributed by atoms with Crippen molar-refractivity contribution in [1.82, 2.24) is 4.57 Å². The first-order chi connectivity index (χ1) is 11.5. The van der Waals surface area contributed by atoms with Crippen LogP contribution < -0.4 is 15.6 Å². The van der Waals surface area contributed by atoms with Crippen LogP contribution in [0.5, 0.6) is 5.75 Å². The van der Waals surface area contributed by atoms with Gasteiger partial charge in [-0.1, -0.05) is 18.2 Å². The Labute approximate surface area is 137 Å². The molecule has 0 saturated carbocycles. The largest absolute Gasteiger partial charge is 0.497 e. The van der Waals surface area contributed by atoms with Crippen molar-refractivity contribution in [2.45, 2.75) is 0 Å². The number of aryl methyl sites for hydroxylation is 1. The van der Waals surface area contributed by atoms with E-state index in [0.717, 1.165) is 0 Å². The van der Waals surface area contributed by atoms with Crippen LogP contribution in [0.2, 0.25) is 0 Å². The molecule has 24 heavy (non-hydrogen) atoms. The molecule has 3 rings (SSSR count). The van der Waals surface area contributed by atoms with E-state index in [1.165, 1.54) is 11.6 Å². The maximum Gasteiger partial charge on any atom is 0.357 e. The van der Waals surface area contributed by atoms with Gasteiger partial charge in [0.15, 0.2) is 0 Å². The predicted octanol–water partition coefficient (Wildman–Crippen LogP) is 3.20. The van der Waals surface area contributed by atoms with Gasteiger partial charge in [-0.15, -0.1) is 0 Å². The molecule has 0 spiro atoms. The molecule has 122 valence electrons. The van der Waals surface area contributed by atoms with Gasteiger partial charge in [-0.05, 0) is 30.3 Å². The van der Waals surface area contributed by atoms with E-state index in [9.17, 15) is 14.9 Å². The molecule has 1 N–H and O–H groups in total. The molecule has 0 aliphatic rings. The second-order valence-electron chi connectivity index (χ2n) is 5.22. The number of pyridine rings is 1. The molecule has 0 aliphatic heterocycles. The molecule has 1 heterocycles. The highest BCUT2D eigenvalue weighted by atomic mass is 16.6. The molecule has 0 bridgehead atoms. The first-order valence-corrected chi connectivity index (χ1v) is 7.20. The van der Waals surface area contributed by atoms with Crippen molar-refractivity contribution in [3.05, 3.63) is 69.0 Å². The number of anilines is 2. The van der Waals surface area contributed by atoms with Crippen LogP contribution in [0.1, 0.15) is 0 Å². The Balaban J connectivity index is 2.24. The average molecular weight is 325 g/mol. The molecular formula is C17H15N3O4. The van der Waals surface area contributed by atoms with Crippen molar-refractivity contribution >= 4 is 28.0 Å². The van der Waals surface area contributed by atoms with Crippen molar-refractivity contribution in [1.29, 1.82) is 0 Å². The second-order valence-corrected chi connectivity index (χ2v) is 5.22. The number of hydrogen-bond acceptors (Lipinski definition) is 5. The topological polar surface area (TPSA) is 86.4 Å². The molecule has 2 aromatic carbocycles. The molecule has 3 aromatic rings. The van der Waals surface area contributed by atoms with Gasteiger partial charge in [0.05, 0.1) is 17.5 Å². The average Bonchev–Trinajstić information content (AvgIpc) is 2.60. The number of rotatable bonds is 4. The number of ether oxygens (including phenoxy) is 1. The third-order valence-corrected chi connectivity index (χ3v) is 3.82. The van der Waals surface area contributed by atoms with E-state index in [-0.39, 0.29) is 5.69 Å². The van der Waals surface area contributed by atoms with Crippen LogP contribution in [0.3, 0.4) is 0 Å². The SMILES string of the molecule is COc1ccc(Nc2c([N+](=O)[O-])c(=O)n(C)c3ccccc23)cc1. The number of fused-ring (bicyclic) bond motifs is 1. The summed E-state index contributed by atoms with van der Waals surface area (Å²) >= 11 is 0. The standard InChI is InChI=1S/C17H15N3O4/c1-19-14-6-4-3-5-13(14)15(16(17(19)21)20(22)23)18-11-7-9-12(24-2)10-8-11/h3-10,18H,1-2H3. The molecular weight excluding hydrogens is 310 g/mol. The number of nitrogens with zero attached hydrogens (tertiary/aromatic N) is 2. The Kier molecular flexibility index (Phi) is 3.91. The van der Waals surface area contributed by atoms with Crippen LogP contribution in [0, 0.1) is 10.1 Å². The third-order valence-electron chi connectivity index (χ3n) is 3.82. The number of nitrogens with one attached hydrogen (secondary N) is 1. The van der Waals surface area contributed by atoms with Crippen molar-refractivity contribution in [2.24, 2.45) is 7.05 Å². The lowest BCUT2D eigenvalue weighted by atomic mass is 10.1. The molecule has 0 radical (unpaired) electrons. The predicted molar refractivity (Wildman–Crippen MR) is 92.1 cm³/mol. The van der Waals surface area contributed by atoms with Crippen LogP contribution in [0.25, 0.3) is 10.9 Å². The minimum atomic E-state index is -0.658. The zero-order valence-electron chi connectivity index (χ0n) is 13.1. The molecule has 0 fully saturated rings. The summed E-state index contributed by atoms with van der Waals surface area (Å²) in [7, 11) is 3.08. The lowest BCUT2D eigenvalue weighted by Gasteiger charge is -2.13. The first kappa shape index (κ1) is 15.5. The van der Waals surface area contributed by atoms with Crippen LogP contribution >= 0.6 is 0 Å². The Morgan fingerprint density at radius 2 is 1.79 bits per heavy atom. The summed E-state index contributed by atoms with van der Waals surface area (Å²) in [4.78, 5) is 23.2. The van der Waals surface area contributed by atoms with Crippen molar-refractivity contribution in [3.63, 3.8) is 0 Å². The zero-order valence-corrected chi connectivity index (χ0v) is 13.1. The monoisotopic (exact) mass is 325 g/mol. The quantitative estimate of drug-likeness (QED) is 0.588. The smallest absolute Gasteiger partial charge is 0.357 e. The highest BCUT2D eigenvalue weighted by Crippen LogP contribution is 2.32. The minimum Gasteiger partial charge on any atom is -0.497 e. The van der Waals surface area contributed by atoms with Gasteiger partial charge in [0.25, 0.3) is 0 Å². The fourth-order valence-electron chi connectivity index (χ4n) is 2.59. The van der Waals surface area contributed by atoms with Crippen LogP contribution in [0.15, 0.2) is 53.3 Å². The highest BCUT2D eigenvalue weighted by molar-refractivity contribution is 5.97.